The van der Waals surface area contributed by atoms with Gasteiger partial charge >= 0.3 is 0 Å². The van der Waals surface area contributed by atoms with Gasteiger partial charge in [-0.15, -0.1) is 0 Å². The summed E-state index contributed by atoms with van der Waals surface area (Å²) >= 11 is 0. The highest BCUT2D eigenvalue weighted by Crippen LogP contribution is 2.32. The summed E-state index contributed by atoms with van der Waals surface area (Å²) in [6.07, 6.45) is 3.17. The van der Waals surface area contributed by atoms with E-state index in [9.17, 15) is 0 Å². The summed E-state index contributed by atoms with van der Waals surface area (Å²) in [7, 11) is 0. The predicted molar refractivity (Wildman–Crippen MR) is 84.5 cm³/mol. The van der Waals surface area contributed by atoms with Crippen LogP contribution in [0, 0.1) is 0 Å². The molecule has 21 heavy (non-hydrogen) atoms. The van der Waals surface area contributed by atoms with E-state index in [-0.39, 0.29) is 0 Å². The lowest BCUT2D eigenvalue weighted by molar-refractivity contribution is 0.309. The van der Waals surface area contributed by atoms with Crippen LogP contribution in [0.2, 0.25) is 0 Å². The molecule has 0 amide bonds. The zero-order valence-corrected chi connectivity index (χ0v) is 11.9. The predicted octanol–water partition coefficient (Wildman–Crippen LogP) is 3.39. The second kappa shape index (κ2) is 5.26. The molecule has 3 aromatic rings. The zero-order chi connectivity index (χ0) is 14.1. The molecule has 0 saturated heterocycles. The van der Waals surface area contributed by atoms with E-state index in [1.165, 1.54) is 22.1 Å². The molecule has 1 aromatic heterocycles. The minimum Gasteiger partial charge on any atom is -0.487 e. The van der Waals surface area contributed by atoms with Gasteiger partial charge in [0.05, 0.1) is 5.52 Å². The molecule has 3 heteroatoms. The van der Waals surface area contributed by atoms with Crippen molar-refractivity contribution in [1.29, 1.82) is 0 Å². The minimum atomic E-state index is 0.599. The van der Waals surface area contributed by atoms with Crippen LogP contribution in [0.1, 0.15) is 16.7 Å². The van der Waals surface area contributed by atoms with Gasteiger partial charge in [-0.1, -0.05) is 36.4 Å². The van der Waals surface area contributed by atoms with Gasteiger partial charge in [-0.3, -0.25) is 0 Å². The monoisotopic (exact) mass is 278 g/mol. The number of hydrogen-bond donors (Lipinski definition) is 2. The van der Waals surface area contributed by atoms with Gasteiger partial charge in [0.15, 0.2) is 0 Å². The summed E-state index contributed by atoms with van der Waals surface area (Å²) in [4.78, 5) is 3.39. The number of H-pyrrole nitrogens is 1. The molecule has 0 atom stereocenters. The molecule has 2 heterocycles. The Balaban J connectivity index is 1.68. The normalized spacial score (nSPS) is 14.1. The van der Waals surface area contributed by atoms with Gasteiger partial charge in [0.25, 0.3) is 0 Å². The van der Waals surface area contributed by atoms with Crippen LogP contribution in [0.25, 0.3) is 10.9 Å². The van der Waals surface area contributed by atoms with E-state index in [1.54, 1.807) is 0 Å². The van der Waals surface area contributed by atoms with Crippen LogP contribution >= 0.6 is 0 Å². The Kier molecular flexibility index (Phi) is 3.13. The third-order valence-electron chi connectivity index (χ3n) is 4.09. The van der Waals surface area contributed by atoms with Crippen molar-refractivity contribution in [3.8, 4) is 5.75 Å². The van der Waals surface area contributed by atoms with Crippen molar-refractivity contribution in [3.63, 3.8) is 0 Å². The van der Waals surface area contributed by atoms with Crippen LogP contribution in [0.4, 0.5) is 0 Å². The molecular formula is C18H18N2O. The summed E-state index contributed by atoms with van der Waals surface area (Å²) in [6.45, 7) is 2.56. The number of benzene rings is 2. The number of nitrogens with one attached hydrogen (secondary N) is 2. The first-order valence-corrected chi connectivity index (χ1v) is 7.41. The minimum absolute atomic E-state index is 0.599. The smallest absolute Gasteiger partial charge is 0.143 e. The molecule has 0 bridgehead atoms. The van der Waals surface area contributed by atoms with Crippen LogP contribution in [0.5, 0.6) is 5.75 Å². The first kappa shape index (κ1) is 12.5. The lowest BCUT2D eigenvalue weighted by Gasteiger charge is -2.10. The summed E-state index contributed by atoms with van der Waals surface area (Å²) in [6, 6.07) is 14.6. The second-order valence-electron chi connectivity index (χ2n) is 5.49. The molecule has 4 rings (SSSR count). The molecule has 1 aliphatic rings. The van der Waals surface area contributed by atoms with Crippen molar-refractivity contribution in [2.45, 2.75) is 19.6 Å². The Bertz CT molecular complexity index is 761. The zero-order valence-electron chi connectivity index (χ0n) is 11.9. The maximum atomic E-state index is 6.03. The SMILES string of the molecule is c1ccc(COc2ccc3c4c(c[nH]c24)CNCC3)cc1. The van der Waals surface area contributed by atoms with E-state index in [0.29, 0.717) is 6.61 Å². The Labute approximate surface area is 123 Å². The largest absolute Gasteiger partial charge is 0.487 e. The maximum absolute atomic E-state index is 6.03. The summed E-state index contributed by atoms with van der Waals surface area (Å²) in [5.74, 6) is 0.936. The lowest BCUT2D eigenvalue weighted by Crippen LogP contribution is -2.13. The van der Waals surface area contributed by atoms with E-state index >= 15 is 0 Å². The topological polar surface area (TPSA) is 37.0 Å². The fraction of sp³-hybridized carbons (Fsp3) is 0.222. The van der Waals surface area contributed by atoms with Crippen molar-refractivity contribution in [2.24, 2.45) is 0 Å². The summed E-state index contributed by atoms with van der Waals surface area (Å²) < 4.78 is 6.03. The molecule has 0 saturated carbocycles. The molecule has 0 unspecified atom stereocenters. The highest BCUT2D eigenvalue weighted by molar-refractivity contribution is 5.91. The van der Waals surface area contributed by atoms with Crippen LogP contribution < -0.4 is 10.1 Å². The lowest BCUT2D eigenvalue weighted by atomic mass is 10.0. The first-order chi connectivity index (χ1) is 10.4. The van der Waals surface area contributed by atoms with E-state index in [1.807, 2.05) is 18.2 Å². The Hall–Kier alpha value is -2.26. The van der Waals surface area contributed by atoms with Crippen molar-refractivity contribution in [1.82, 2.24) is 10.3 Å². The standard InChI is InChI=1S/C18H18N2O/c1-2-4-13(5-3-1)12-21-16-7-6-14-8-9-19-10-15-11-20-18(16)17(14)15/h1-7,11,19-20H,8-10,12H2. The molecular weight excluding hydrogens is 260 g/mol. The second-order valence-corrected chi connectivity index (χ2v) is 5.49. The highest BCUT2D eigenvalue weighted by atomic mass is 16.5. The van der Waals surface area contributed by atoms with Crippen LogP contribution in [0.15, 0.2) is 48.7 Å². The van der Waals surface area contributed by atoms with Crippen molar-refractivity contribution in [2.75, 3.05) is 6.54 Å². The maximum Gasteiger partial charge on any atom is 0.143 e. The van der Waals surface area contributed by atoms with E-state index in [4.69, 9.17) is 4.74 Å². The molecule has 0 fully saturated rings. The Morgan fingerprint density at radius 2 is 1.90 bits per heavy atom. The van der Waals surface area contributed by atoms with Crippen LogP contribution in [-0.2, 0) is 19.6 Å². The molecule has 3 nitrogen and oxygen atoms in total. The van der Waals surface area contributed by atoms with Gasteiger partial charge in [-0.2, -0.15) is 0 Å². The van der Waals surface area contributed by atoms with Crippen LogP contribution in [0.3, 0.4) is 0 Å². The fourth-order valence-corrected chi connectivity index (χ4v) is 3.02. The quantitative estimate of drug-likeness (QED) is 0.770. The number of rotatable bonds is 3. The molecule has 106 valence electrons. The fourth-order valence-electron chi connectivity index (χ4n) is 3.02. The third kappa shape index (κ3) is 2.30. The van der Waals surface area contributed by atoms with Gasteiger partial charge in [0.2, 0.25) is 0 Å². The highest BCUT2D eigenvalue weighted by Gasteiger charge is 2.15. The van der Waals surface area contributed by atoms with Gasteiger partial charge < -0.3 is 15.0 Å². The molecule has 0 radical (unpaired) electrons. The third-order valence-corrected chi connectivity index (χ3v) is 4.09. The van der Waals surface area contributed by atoms with Gasteiger partial charge in [-0.25, -0.2) is 0 Å². The number of hydrogen-bond acceptors (Lipinski definition) is 2. The average molecular weight is 278 g/mol. The molecule has 1 aliphatic heterocycles. The van der Waals surface area contributed by atoms with E-state index in [0.717, 1.165) is 30.8 Å². The van der Waals surface area contributed by atoms with Gasteiger partial charge in [0, 0.05) is 18.1 Å². The molecule has 0 aliphatic carbocycles. The summed E-state index contributed by atoms with van der Waals surface area (Å²) in [5, 5.41) is 4.80. The van der Waals surface area contributed by atoms with Gasteiger partial charge in [-0.05, 0) is 35.7 Å². The van der Waals surface area contributed by atoms with Crippen molar-refractivity contribution >= 4 is 10.9 Å². The Morgan fingerprint density at radius 3 is 2.81 bits per heavy atom. The molecule has 2 aromatic carbocycles. The molecule has 0 spiro atoms. The Morgan fingerprint density at radius 1 is 1.00 bits per heavy atom. The number of ether oxygens (including phenoxy) is 1. The van der Waals surface area contributed by atoms with Crippen LogP contribution in [-0.4, -0.2) is 11.5 Å². The van der Waals surface area contributed by atoms with Gasteiger partial charge in [0.1, 0.15) is 12.4 Å². The first-order valence-electron chi connectivity index (χ1n) is 7.41. The molecule has 2 N–H and O–H groups in total. The number of aromatic amines is 1. The van der Waals surface area contributed by atoms with Crippen molar-refractivity contribution < 1.29 is 4.74 Å². The van der Waals surface area contributed by atoms with Crippen molar-refractivity contribution in [3.05, 3.63) is 65.4 Å². The van der Waals surface area contributed by atoms with E-state index < -0.39 is 0 Å². The number of aromatic nitrogens is 1. The van der Waals surface area contributed by atoms with E-state index in [2.05, 4.69) is 40.8 Å². The average Bonchev–Trinajstić information content (AvgIpc) is 2.84. The summed E-state index contributed by atoms with van der Waals surface area (Å²) in [5.41, 5.74) is 5.05.